The lowest BCUT2D eigenvalue weighted by atomic mass is 10.00. The van der Waals surface area contributed by atoms with E-state index in [0.717, 1.165) is 12.0 Å². The molecule has 1 aromatic carbocycles. The van der Waals surface area contributed by atoms with Crippen LogP contribution < -0.4 is 0 Å². The second-order valence-electron chi connectivity index (χ2n) is 5.31. The third-order valence-corrected chi connectivity index (χ3v) is 3.85. The standard InChI is InChI=1S/C13H16ClFO/c1-13(2)7-10(13)12(16)5-8-3-4-9(15)6-11(8)14/h3-4,6,10,12,16H,5,7H2,1-2H3. The molecule has 1 fully saturated rings. The summed E-state index contributed by atoms with van der Waals surface area (Å²) in [6, 6.07) is 4.32. The lowest BCUT2D eigenvalue weighted by molar-refractivity contribution is 0.137. The summed E-state index contributed by atoms with van der Waals surface area (Å²) in [5.41, 5.74) is 1.06. The second kappa shape index (κ2) is 4.01. The minimum Gasteiger partial charge on any atom is -0.392 e. The summed E-state index contributed by atoms with van der Waals surface area (Å²) in [6.07, 6.45) is 1.18. The van der Waals surface area contributed by atoms with E-state index in [0.29, 0.717) is 17.4 Å². The summed E-state index contributed by atoms with van der Waals surface area (Å²) in [5, 5.41) is 10.4. The van der Waals surface area contributed by atoms with Gasteiger partial charge in [0, 0.05) is 11.4 Å². The maximum atomic E-state index is 12.8. The molecule has 1 nitrogen and oxygen atoms in total. The van der Waals surface area contributed by atoms with Gasteiger partial charge in [-0.1, -0.05) is 31.5 Å². The topological polar surface area (TPSA) is 20.2 Å². The SMILES string of the molecule is CC1(C)CC1C(O)Cc1ccc(F)cc1Cl. The van der Waals surface area contributed by atoms with Gasteiger partial charge in [-0.05, 0) is 35.4 Å². The maximum absolute atomic E-state index is 12.8. The van der Waals surface area contributed by atoms with E-state index in [9.17, 15) is 9.50 Å². The quantitative estimate of drug-likeness (QED) is 0.861. The zero-order chi connectivity index (χ0) is 11.9. The fourth-order valence-electron chi connectivity index (χ4n) is 2.22. The number of hydrogen-bond acceptors (Lipinski definition) is 1. The Bertz CT molecular complexity index is 403. The van der Waals surface area contributed by atoms with E-state index >= 15 is 0 Å². The van der Waals surface area contributed by atoms with Crippen molar-refractivity contribution in [2.45, 2.75) is 32.8 Å². The molecule has 0 aliphatic heterocycles. The van der Waals surface area contributed by atoms with E-state index in [1.54, 1.807) is 6.07 Å². The highest BCUT2D eigenvalue weighted by molar-refractivity contribution is 6.31. The van der Waals surface area contributed by atoms with Crippen LogP contribution in [0.25, 0.3) is 0 Å². The van der Waals surface area contributed by atoms with Gasteiger partial charge in [0.25, 0.3) is 0 Å². The summed E-state index contributed by atoms with van der Waals surface area (Å²) in [7, 11) is 0. The molecule has 1 aliphatic rings. The van der Waals surface area contributed by atoms with Crippen LogP contribution in [0.2, 0.25) is 5.02 Å². The molecule has 3 heteroatoms. The molecule has 2 unspecified atom stereocenters. The molecule has 1 N–H and O–H groups in total. The monoisotopic (exact) mass is 242 g/mol. The number of aliphatic hydroxyl groups excluding tert-OH is 1. The van der Waals surface area contributed by atoms with Crippen LogP contribution in [0.4, 0.5) is 4.39 Å². The number of hydrogen-bond donors (Lipinski definition) is 1. The Kier molecular flexibility index (Phi) is 2.97. The molecule has 2 atom stereocenters. The number of aliphatic hydroxyl groups is 1. The van der Waals surface area contributed by atoms with Crippen molar-refractivity contribution in [1.29, 1.82) is 0 Å². The summed E-state index contributed by atoms with van der Waals surface area (Å²) < 4.78 is 12.8. The Labute approximate surface area is 100 Å². The highest BCUT2D eigenvalue weighted by atomic mass is 35.5. The normalized spacial score (nSPS) is 24.2. The lowest BCUT2D eigenvalue weighted by Gasteiger charge is -2.13. The zero-order valence-corrected chi connectivity index (χ0v) is 10.3. The Morgan fingerprint density at radius 2 is 2.19 bits per heavy atom. The van der Waals surface area contributed by atoms with E-state index in [4.69, 9.17) is 11.6 Å². The fraction of sp³-hybridized carbons (Fsp3) is 0.538. The zero-order valence-electron chi connectivity index (χ0n) is 9.50. The van der Waals surface area contributed by atoms with Crippen LogP contribution in [0.3, 0.4) is 0 Å². The Morgan fingerprint density at radius 3 is 2.69 bits per heavy atom. The average Bonchev–Trinajstić information content (AvgIpc) is 2.80. The molecular weight excluding hydrogens is 227 g/mol. The van der Waals surface area contributed by atoms with Gasteiger partial charge in [0.15, 0.2) is 0 Å². The van der Waals surface area contributed by atoms with Gasteiger partial charge in [0.2, 0.25) is 0 Å². The summed E-state index contributed by atoms with van der Waals surface area (Å²) in [4.78, 5) is 0. The molecule has 0 radical (unpaired) electrons. The third-order valence-electron chi connectivity index (χ3n) is 3.50. The molecular formula is C13H16ClFO. The van der Waals surface area contributed by atoms with Crippen molar-refractivity contribution in [1.82, 2.24) is 0 Å². The van der Waals surface area contributed by atoms with E-state index in [1.165, 1.54) is 12.1 Å². The van der Waals surface area contributed by atoms with Gasteiger partial charge in [-0.3, -0.25) is 0 Å². The molecule has 16 heavy (non-hydrogen) atoms. The molecule has 0 bridgehead atoms. The molecule has 0 amide bonds. The minimum absolute atomic E-state index is 0.242. The summed E-state index contributed by atoms with van der Waals surface area (Å²) in [5.74, 6) is 0.00334. The first-order valence-corrected chi connectivity index (χ1v) is 5.90. The number of rotatable bonds is 3. The first-order chi connectivity index (χ1) is 7.40. The Balaban J connectivity index is 2.04. The summed E-state index contributed by atoms with van der Waals surface area (Å²) in [6.45, 7) is 4.29. The Hall–Kier alpha value is -0.600. The largest absolute Gasteiger partial charge is 0.392 e. The molecule has 88 valence electrons. The van der Waals surface area contributed by atoms with Crippen molar-refractivity contribution in [3.05, 3.63) is 34.6 Å². The van der Waals surface area contributed by atoms with Crippen molar-refractivity contribution >= 4 is 11.6 Å². The summed E-state index contributed by atoms with van der Waals surface area (Å²) >= 11 is 5.92. The van der Waals surface area contributed by atoms with Gasteiger partial charge >= 0.3 is 0 Å². The third kappa shape index (κ3) is 2.38. The van der Waals surface area contributed by atoms with Crippen LogP contribution in [0.15, 0.2) is 18.2 Å². The smallest absolute Gasteiger partial charge is 0.124 e. The van der Waals surface area contributed by atoms with Crippen molar-refractivity contribution in [2.24, 2.45) is 11.3 Å². The van der Waals surface area contributed by atoms with Crippen molar-refractivity contribution < 1.29 is 9.50 Å². The molecule has 0 spiro atoms. The van der Waals surface area contributed by atoms with Crippen molar-refractivity contribution in [3.8, 4) is 0 Å². The molecule has 0 heterocycles. The van der Waals surface area contributed by atoms with E-state index in [2.05, 4.69) is 13.8 Å². The van der Waals surface area contributed by atoms with Crippen LogP contribution in [0, 0.1) is 17.2 Å². The molecule has 1 aromatic rings. The second-order valence-corrected chi connectivity index (χ2v) is 5.71. The van der Waals surface area contributed by atoms with E-state index < -0.39 is 0 Å². The Morgan fingerprint density at radius 1 is 1.56 bits per heavy atom. The highest BCUT2D eigenvalue weighted by Crippen LogP contribution is 2.54. The van der Waals surface area contributed by atoms with Crippen molar-refractivity contribution in [3.63, 3.8) is 0 Å². The maximum Gasteiger partial charge on any atom is 0.124 e. The molecule has 2 rings (SSSR count). The van der Waals surface area contributed by atoms with Gasteiger partial charge in [-0.25, -0.2) is 4.39 Å². The molecule has 0 aromatic heterocycles. The molecule has 1 aliphatic carbocycles. The lowest BCUT2D eigenvalue weighted by Crippen LogP contribution is -2.16. The van der Waals surface area contributed by atoms with Crippen LogP contribution in [-0.2, 0) is 6.42 Å². The minimum atomic E-state index is -0.377. The van der Waals surface area contributed by atoms with Gasteiger partial charge in [-0.15, -0.1) is 0 Å². The molecule has 1 saturated carbocycles. The van der Waals surface area contributed by atoms with Gasteiger partial charge < -0.3 is 5.11 Å². The van der Waals surface area contributed by atoms with Crippen LogP contribution >= 0.6 is 11.6 Å². The first kappa shape index (κ1) is 11.9. The highest BCUT2D eigenvalue weighted by Gasteiger charge is 2.49. The van der Waals surface area contributed by atoms with Crippen LogP contribution in [-0.4, -0.2) is 11.2 Å². The predicted octanol–water partition coefficient (Wildman–Crippen LogP) is 3.43. The van der Waals surface area contributed by atoms with Gasteiger partial charge in [-0.2, -0.15) is 0 Å². The van der Waals surface area contributed by atoms with Crippen LogP contribution in [0.1, 0.15) is 25.8 Å². The van der Waals surface area contributed by atoms with Crippen molar-refractivity contribution in [2.75, 3.05) is 0 Å². The van der Waals surface area contributed by atoms with E-state index in [1.807, 2.05) is 0 Å². The number of halogens is 2. The number of benzene rings is 1. The average molecular weight is 243 g/mol. The molecule has 0 saturated heterocycles. The van der Waals surface area contributed by atoms with Gasteiger partial charge in [0.05, 0.1) is 6.10 Å². The first-order valence-electron chi connectivity index (χ1n) is 5.52. The van der Waals surface area contributed by atoms with Crippen LogP contribution in [0.5, 0.6) is 0 Å². The fourth-order valence-corrected chi connectivity index (χ4v) is 2.46. The van der Waals surface area contributed by atoms with E-state index in [-0.39, 0.29) is 17.3 Å². The predicted molar refractivity (Wildman–Crippen MR) is 63.0 cm³/mol. The van der Waals surface area contributed by atoms with Gasteiger partial charge in [0.1, 0.15) is 5.82 Å².